The fraction of sp³-hybridized carbons (Fsp3) is 0.444. The third kappa shape index (κ3) is 3.62. The summed E-state index contributed by atoms with van der Waals surface area (Å²) in [6, 6.07) is 9.93. The molecule has 23 heavy (non-hydrogen) atoms. The summed E-state index contributed by atoms with van der Waals surface area (Å²) in [6.45, 7) is 3.48. The first kappa shape index (κ1) is 15.7. The van der Waals surface area contributed by atoms with Crippen molar-refractivity contribution >= 4 is 5.91 Å². The minimum absolute atomic E-state index is 0.0638. The maximum atomic E-state index is 12.5. The Balaban J connectivity index is 1.78. The van der Waals surface area contributed by atoms with Crippen LogP contribution in [0.15, 0.2) is 36.5 Å². The maximum absolute atomic E-state index is 12.5. The van der Waals surface area contributed by atoms with Crippen LogP contribution in [-0.2, 0) is 11.2 Å². The van der Waals surface area contributed by atoms with Gasteiger partial charge in [-0.2, -0.15) is 5.10 Å². The van der Waals surface area contributed by atoms with E-state index in [2.05, 4.69) is 17.3 Å². The number of nitrogens with zero attached hydrogens (tertiary/aromatic N) is 2. The van der Waals surface area contributed by atoms with Crippen LogP contribution in [0.5, 0.6) is 0 Å². The van der Waals surface area contributed by atoms with Crippen LogP contribution < -0.4 is 5.32 Å². The van der Waals surface area contributed by atoms with Crippen LogP contribution in [0.4, 0.5) is 0 Å². The summed E-state index contributed by atoms with van der Waals surface area (Å²) in [7, 11) is 0. The Morgan fingerprint density at radius 1 is 1.39 bits per heavy atom. The number of carbonyl (C=O) groups excluding carboxylic acids is 1. The molecule has 1 fully saturated rings. The Labute approximate surface area is 136 Å². The van der Waals surface area contributed by atoms with Crippen molar-refractivity contribution in [1.82, 2.24) is 15.1 Å². The molecule has 3 rings (SSSR count). The fourth-order valence-corrected chi connectivity index (χ4v) is 2.94. The highest BCUT2D eigenvalue weighted by Crippen LogP contribution is 2.17. The summed E-state index contributed by atoms with van der Waals surface area (Å²) >= 11 is 0. The van der Waals surface area contributed by atoms with Gasteiger partial charge in [0.05, 0.1) is 29.2 Å². The average Bonchev–Trinajstić information content (AvgIpc) is 3.23. The van der Waals surface area contributed by atoms with E-state index in [1.54, 1.807) is 6.20 Å². The van der Waals surface area contributed by atoms with Crippen molar-refractivity contribution in [3.8, 4) is 5.69 Å². The Kier molecular flexibility index (Phi) is 5.08. The number of hydrogen-bond donors (Lipinski definition) is 1. The molecule has 2 aromatic rings. The molecule has 0 aliphatic carbocycles. The molecule has 2 heterocycles. The molecule has 122 valence electrons. The van der Waals surface area contributed by atoms with Gasteiger partial charge in [0.25, 0.3) is 5.91 Å². The second kappa shape index (κ2) is 7.42. The van der Waals surface area contributed by atoms with E-state index in [4.69, 9.17) is 4.74 Å². The predicted octanol–water partition coefficient (Wildman–Crippen LogP) is 2.73. The fourth-order valence-electron chi connectivity index (χ4n) is 2.94. The number of carbonyl (C=O) groups is 1. The van der Waals surface area contributed by atoms with E-state index in [1.807, 2.05) is 35.0 Å². The standard InChI is InChI=1S/C18H23N3O2/c1-2-7-17-16(18(22)19-12-15-10-6-11-23-15)13-20-21(17)14-8-4-3-5-9-14/h3-5,8-9,13,15H,2,6-7,10-12H2,1H3,(H,19,22)/t15-/m1/s1. The lowest BCUT2D eigenvalue weighted by Crippen LogP contribution is -2.32. The number of aromatic nitrogens is 2. The van der Waals surface area contributed by atoms with Gasteiger partial charge < -0.3 is 10.1 Å². The molecule has 1 atom stereocenters. The molecule has 1 aliphatic heterocycles. The number of nitrogens with one attached hydrogen (secondary N) is 1. The lowest BCUT2D eigenvalue weighted by Gasteiger charge is -2.12. The van der Waals surface area contributed by atoms with Crippen molar-refractivity contribution in [2.75, 3.05) is 13.2 Å². The molecule has 1 saturated heterocycles. The Bertz CT molecular complexity index is 646. The zero-order valence-corrected chi connectivity index (χ0v) is 13.5. The highest BCUT2D eigenvalue weighted by Gasteiger charge is 2.20. The molecule has 0 saturated carbocycles. The molecule has 1 aliphatic rings. The van der Waals surface area contributed by atoms with Crippen LogP contribution in [0.2, 0.25) is 0 Å². The lowest BCUT2D eigenvalue weighted by molar-refractivity contribution is 0.0857. The smallest absolute Gasteiger partial charge is 0.254 e. The van der Waals surface area contributed by atoms with Crippen molar-refractivity contribution < 1.29 is 9.53 Å². The first-order chi connectivity index (χ1) is 11.3. The van der Waals surface area contributed by atoms with Gasteiger partial charge in [-0.25, -0.2) is 4.68 Å². The number of amides is 1. The van der Waals surface area contributed by atoms with Crippen LogP contribution in [0.1, 0.15) is 42.2 Å². The molecule has 1 amide bonds. The average molecular weight is 313 g/mol. The van der Waals surface area contributed by atoms with Gasteiger partial charge in [0, 0.05) is 13.2 Å². The second-order valence-electron chi connectivity index (χ2n) is 5.85. The molecular weight excluding hydrogens is 290 g/mol. The van der Waals surface area contributed by atoms with Crippen LogP contribution in [0.25, 0.3) is 5.69 Å². The summed E-state index contributed by atoms with van der Waals surface area (Å²) in [5.41, 5.74) is 2.60. The first-order valence-electron chi connectivity index (χ1n) is 8.31. The van der Waals surface area contributed by atoms with E-state index in [1.165, 1.54) is 0 Å². The van der Waals surface area contributed by atoms with Gasteiger partial charge >= 0.3 is 0 Å². The van der Waals surface area contributed by atoms with Gasteiger partial charge in [-0.05, 0) is 31.4 Å². The predicted molar refractivity (Wildman–Crippen MR) is 88.9 cm³/mol. The molecule has 1 N–H and O–H groups in total. The van der Waals surface area contributed by atoms with E-state index >= 15 is 0 Å². The summed E-state index contributed by atoms with van der Waals surface area (Å²) < 4.78 is 7.42. The number of para-hydroxylation sites is 1. The molecule has 5 nitrogen and oxygen atoms in total. The molecule has 1 aromatic heterocycles. The van der Waals surface area contributed by atoms with Gasteiger partial charge in [-0.15, -0.1) is 0 Å². The minimum Gasteiger partial charge on any atom is -0.376 e. The van der Waals surface area contributed by atoms with Gasteiger partial charge in [-0.1, -0.05) is 31.5 Å². The van der Waals surface area contributed by atoms with Crippen LogP contribution >= 0.6 is 0 Å². The quantitative estimate of drug-likeness (QED) is 0.892. The third-order valence-electron chi connectivity index (χ3n) is 4.12. The SMILES string of the molecule is CCCc1c(C(=O)NC[C@H]2CCCO2)cnn1-c1ccccc1. The van der Waals surface area contributed by atoms with Crippen LogP contribution in [-0.4, -0.2) is 34.9 Å². The largest absolute Gasteiger partial charge is 0.376 e. The molecule has 0 bridgehead atoms. The van der Waals surface area contributed by atoms with Gasteiger partial charge in [0.1, 0.15) is 0 Å². The first-order valence-corrected chi connectivity index (χ1v) is 8.31. The van der Waals surface area contributed by atoms with Gasteiger partial charge in [0.15, 0.2) is 0 Å². The van der Waals surface area contributed by atoms with Gasteiger partial charge in [0.2, 0.25) is 0 Å². The Hall–Kier alpha value is -2.14. The van der Waals surface area contributed by atoms with Crippen molar-refractivity contribution in [1.29, 1.82) is 0 Å². The summed E-state index contributed by atoms with van der Waals surface area (Å²) in [4.78, 5) is 12.5. The van der Waals surface area contributed by atoms with E-state index < -0.39 is 0 Å². The van der Waals surface area contributed by atoms with Crippen molar-refractivity contribution in [3.05, 3.63) is 47.8 Å². The lowest BCUT2D eigenvalue weighted by atomic mass is 10.1. The monoisotopic (exact) mass is 313 g/mol. The highest BCUT2D eigenvalue weighted by atomic mass is 16.5. The number of hydrogen-bond acceptors (Lipinski definition) is 3. The molecular formula is C18H23N3O2. The highest BCUT2D eigenvalue weighted by molar-refractivity contribution is 5.95. The normalized spacial score (nSPS) is 17.3. The Morgan fingerprint density at radius 2 is 2.22 bits per heavy atom. The molecule has 1 aromatic carbocycles. The zero-order valence-electron chi connectivity index (χ0n) is 13.5. The summed E-state index contributed by atoms with van der Waals surface area (Å²) in [5.74, 6) is -0.0638. The summed E-state index contributed by atoms with van der Waals surface area (Å²) in [5, 5.41) is 7.42. The molecule has 0 radical (unpaired) electrons. The Morgan fingerprint density at radius 3 is 2.91 bits per heavy atom. The molecule has 0 spiro atoms. The number of benzene rings is 1. The van der Waals surface area contributed by atoms with Gasteiger partial charge in [-0.3, -0.25) is 4.79 Å². The number of rotatable bonds is 6. The van der Waals surface area contributed by atoms with E-state index in [0.717, 1.165) is 43.7 Å². The zero-order chi connectivity index (χ0) is 16.1. The topological polar surface area (TPSA) is 56.1 Å². The van der Waals surface area contributed by atoms with E-state index in [0.29, 0.717) is 12.1 Å². The summed E-state index contributed by atoms with van der Waals surface area (Å²) in [6.07, 6.45) is 5.70. The van der Waals surface area contributed by atoms with Crippen molar-refractivity contribution in [2.45, 2.75) is 38.7 Å². The van der Waals surface area contributed by atoms with E-state index in [9.17, 15) is 4.79 Å². The van der Waals surface area contributed by atoms with Crippen molar-refractivity contribution in [3.63, 3.8) is 0 Å². The minimum atomic E-state index is -0.0638. The number of ether oxygens (including phenoxy) is 1. The van der Waals surface area contributed by atoms with Crippen molar-refractivity contribution in [2.24, 2.45) is 0 Å². The maximum Gasteiger partial charge on any atom is 0.254 e. The van der Waals surface area contributed by atoms with E-state index in [-0.39, 0.29) is 12.0 Å². The third-order valence-corrected chi connectivity index (χ3v) is 4.12. The van der Waals surface area contributed by atoms with Crippen LogP contribution in [0.3, 0.4) is 0 Å². The van der Waals surface area contributed by atoms with Crippen LogP contribution in [0, 0.1) is 0 Å². The second-order valence-corrected chi connectivity index (χ2v) is 5.85. The molecule has 0 unspecified atom stereocenters. The molecule has 5 heteroatoms.